The second-order valence-corrected chi connectivity index (χ2v) is 6.71. The van der Waals surface area contributed by atoms with E-state index in [0.717, 1.165) is 56.4 Å². The second kappa shape index (κ2) is 8.33. The maximum atomic E-state index is 5.40. The van der Waals surface area contributed by atoms with Gasteiger partial charge >= 0.3 is 0 Å². The van der Waals surface area contributed by atoms with Gasteiger partial charge in [-0.25, -0.2) is 0 Å². The standard InChI is InChI=1S/C21H24N4O2/c1-26-20-5-2-17(3-6-20)15-25-16-19(13-23-25)21-7-4-18(12-22-21)14-24-8-10-27-11-9-24/h2-7,12-13,16H,8-11,14-15H2,1H3. The number of pyridine rings is 1. The first kappa shape index (κ1) is 17.7. The number of nitrogens with zero attached hydrogens (tertiary/aromatic N) is 4. The van der Waals surface area contributed by atoms with Gasteiger partial charge in [0, 0.05) is 37.6 Å². The fourth-order valence-corrected chi connectivity index (χ4v) is 3.21. The largest absolute Gasteiger partial charge is 0.497 e. The molecule has 0 aliphatic carbocycles. The molecule has 0 unspecified atom stereocenters. The van der Waals surface area contributed by atoms with E-state index in [9.17, 15) is 0 Å². The highest BCUT2D eigenvalue weighted by Crippen LogP contribution is 2.18. The Morgan fingerprint density at radius 3 is 2.44 bits per heavy atom. The van der Waals surface area contributed by atoms with Crippen LogP contribution in [0, 0.1) is 0 Å². The van der Waals surface area contributed by atoms with Crippen LogP contribution in [0.15, 0.2) is 55.0 Å². The first-order valence-electron chi connectivity index (χ1n) is 9.21. The molecule has 0 N–H and O–H groups in total. The Kier molecular flexibility index (Phi) is 5.46. The minimum atomic E-state index is 0.721. The topological polar surface area (TPSA) is 52.4 Å². The van der Waals surface area contributed by atoms with Gasteiger partial charge in [0.25, 0.3) is 0 Å². The number of hydrogen-bond acceptors (Lipinski definition) is 5. The maximum absolute atomic E-state index is 5.40. The minimum absolute atomic E-state index is 0.721. The van der Waals surface area contributed by atoms with Crippen molar-refractivity contribution in [1.82, 2.24) is 19.7 Å². The van der Waals surface area contributed by atoms with Gasteiger partial charge in [0.05, 0.1) is 38.8 Å². The van der Waals surface area contributed by atoms with E-state index in [1.807, 2.05) is 35.4 Å². The predicted octanol–water partition coefficient (Wildman–Crippen LogP) is 2.83. The third kappa shape index (κ3) is 4.53. The highest BCUT2D eigenvalue weighted by atomic mass is 16.5. The minimum Gasteiger partial charge on any atom is -0.497 e. The van der Waals surface area contributed by atoms with E-state index in [-0.39, 0.29) is 0 Å². The molecule has 1 fully saturated rings. The number of morpholine rings is 1. The van der Waals surface area contributed by atoms with E-state index >= 15 is 0 Å². The van der Waals surface area contributed by atoms with Crippen LogP contribution in [0.2, 0.25) is 0 Å². The molecule has 27 heavy (non-hydrogen) atoms. The molecule has 1 saturated heterocycles. The molecule has 6 nitrogen and oxygen atoms in total. The van der Waals surface area contributed by atoms with Crippen LogP contribution in [0.4, 0.5) is 0 Å². The van der Waals surface area contributed by atoms with Crippen LogP contribution in [0.1, 0.15) is 11.1 Å². The Hall–Kier alpha value is -2.70. The van der Waals surface area contributed by atoms with Gasteiger partial charge in [-0.15, -0.1) is 0 Å². The zero-order valence-corrected chi connectivity index (χ0v) is 15.5. The Bertz CT molecular complexity index is 853. The number of methoxy groups -OCH3 is 1. The SMILES string of the molecule is COc1ccc(Cn2cc(-c3ccc(CN4CCOCC4)cn3)cn2)cc1. The number of benzene rings is 1. The first-order chi connectivity index (χ1) is 13.3. The van der Waals surface area contributed by atoms with Gasteiger partial charge in [0.2, 0.25) is 0 Å². The van der Waals surface area contributed by atoms with Crippen molar-refractivity contribution < 1.29 is 9.47 Å². The molecule has 6 heteroatoms. The molecule has 1 aliphatic heterocycles. The van der Waals surface area contributed by atoms with Crippen molar-refractivity contribution in [3.8, 4) is 17.0 Å². The molecule has 0 saturated carbocycles. The summed E-state index contributed by atoms with van der Waals surface area (Å²) in [4.78, 5) is 7.03. The van der Waals surface area contributed by atoms with Crippen molar-refractivity contribution in [3.63, 3.8) is 0 Å². The van der Waals surface area contributed by atoms with Crippen molar-refractivity contribution in [2.45, 2.75) is 13.1 Å². The summed E-state index contributed by atoms with van der Waals surface area (Å²) in [5, 5.41) is 4.47. The van der Waals surface area contributed by atoms with Gasteiger partial charge in [-0.2, -0.15) is 5.10 Å². The van der Waals surface area contributed by atoms with Crippen LogP contribution in [0.5, 0.6) is 5.75 Å². The normalized spacial score (nSPS) is 15.0. The average molecular weight is 364 g/mol. The average Bonchev–Trinajstić information content (AvgIpc) is 3.18. The molecule has 140 valence electrons. The van der Waals surface area contributed by atoms with Crippen LogP contribution < -0.4 is 4.74 Å². The molecule has 4 rings (SSSR count). The molecule has 3 heterocycles. The number of aromatic nitrogens is 3. The number of ether oxygens (including phenoxy) is 2. The molecular formula is C21H24N4O2. The monoisotopic (exact) mass is 364 g/mol. The van der Waals surface area contributed by atoms with Crippen molar-refractivity contribution in [1.29, 1.82) is 0 Å². The zero-order valence-electron chi connectivity index (χ0n) is 15.5. The maximum Gasteiger partial charge on any atom is 0.118 e. The lowest BCUT2D eigenvalue weighted by Gasteiger charge is -2.26. The van der Waals surface area contributed by atoms with Gasteiger partial charge in [-0.05, 0) is 29.3 Å². The summed E-state index contributed by atoms with van der Waals surface area (Å²) in [6.07, 6.45) is 5.87. The molecule has 1 aliphatic rings. The number of rotatable bonds is 6. The van der Waals surface area contributed by atoms with E-state index in [4.69, 9.17) is 9.47 Å². The first-order valence-corrected chi connectivity index (χ1v) is 9.21. The molecule has 0 amide bonds. The van der Waals surface area contributed by atoms with Crippen molar-refractivity contribution >= 4 is 0 Å². The Balaban J connectivity index is 1.39. The van der Waals surface area contributed by atoms with Gasteiger partial charge in [0.1, 0.15) is 5.75 Å². The van der Waals surface area contributed by atoms with Crippen molar-refractivity contribution in [3.05, 3.63) is 66.1 Å². The summed E-state index contributed by atoms with van der Waals surface area (Å²) in [6, 6.07) is 12.3. The quantitative estimate of drug-likeness (QED) is 0.673. The molecule has 0 spiro atoms. The lowest BCUT2D eigenvalue weighted by Crippen LogP contribution is -2.35. The predicted molar refractivity (Wildman–Crippen MR) is 104 cm³/mol. The van der Waals surface area contributed by atoms with Gasteiger partial charge in [-0.3, -0.25) is 14.6 Å². The Morgan fingerprint density at radius 1 is 0.963 bits per heavy atom. The lowest BCUT2D eigenvalue weighted by molar-refractivity contribution is 0.0341. The molecule has 0 bridgehead atoms. The summed E-state index contributed by atoms with van der Waals surface area (Å²) >= 11 is 0. The van der Waals surface area contributed by atoms with Crippen molar-refractivity contribution in [2.24, 2.45) is 0 Å². The Labute approximate surface area is 159 Å². The van der Waals surface area contributed by atoms with E-state index in [2.05, 4.69) is 39.2 Å². The van der Waals surface area contributed by atoms with Crippen LogP contribution in [0.25, 0.3) is 11.3 Å². The lowest BCUT2D eigenvalue weighted by atomic mass is 10.2. The van der Waals surface area contributed by atoms with Crippen LogP contribution >= 0.6 is 0 Å². The van der Waals surface area contributed by atoms with E-state index in [1.54, 1.807) is 7.11 Å². The van der Waals surface area contributed by atoms with E-state index < -0.39 is 0 Å². The van der Waals surface area contributed by atoms with Gasteiger partial charge in [-0.1, -0.05) is 18.2 Å². The fraction of sp³-hybridized carbons (Fsp3) is 0.333. The molecule has 2 aromatic heterocycles. The zero-order chi connectivity index (χ0) is 18.5. The van der Waals surface area contributed by atoms with Gasteiger partial charge in [0.15, 0.2) is 0 Å². The van der Waals surface area contributed by atoms with Crippen LogP contribution in [0.3, 0.4) is 0 Å². The van der Waals surface area contributed by atoms with E-state index in [1.165, 1.54) is 11.1 Å². The van der Waals surface area contributed by atoms with Gasteiger partial charge < -0.3 is 9.47 Å². The van der Waals surface area contributed by atoms with Crippen LogP contribution in [-0.2, 0) is 17.8 Å². The third-order valence-electron chi connectivity index (χ3n) is 4.77. The van der Waals surface area contributed by atoms with E-state index in [0.29, 0.717) is 0 Å². The number of hydrogen-bond donors (Lipinski definition) is 0. The van der Waals surface area contributed by atoms with Crippen LogP contribution in [-0.4, -0.2) is 53.1 Å². The molecule has 0 atom stereocenters. The summed E-state index contributed by atoms with van der Waals surface area (Å²) in [5.74, 6) is 0.862. The molecule has 3 aromatic rings. The highest BCUT2D eigenvalue weighted by molar-refractivity contribution is 5.56. The molecular weight excluding hydrogens is 340 g/mol. The molecule has 0 radical (unpaired) electrons. The second-order valence-electron chi connectivity index (χ2n) is 6.71. The summed E-state index contributed by atoms with van der Waals surface area (Å²) < 4.78 is 12.5. The van der Waals surface area contributed by atoms with Crippen molar-refractivity contribution in [2.75, 3.05) is 33.4 Å². The third-order valence-corrected chi connectivity index (χ3v) is 4.77. The smallest absolute Gasteiger partial charge is 0.118 e. The summed E-state index contributed by atoms with van der Waals surface area (Å²) in [5.41, 5.74) is 4.38. The Morgan fingerprint density at radius 2 is 1.74 bits per heavy atom. The summed E-state index contributed by atoms with van der Waals surface area (Å²) in [7, 11) is 1.67. The summed E-state index contributed by atoms with van der Waals surface area (Å²) in [6.45, 7) is 5.25. The fourth-order valence-electron chi connectivity index (χ4n) is 3.21. The molecule has 1 aromatic carbocycles. The highest BCUT2D eigenvalue weighted by Gasteiger charge is 2.11.